The minimum Gasteiger partial charge on any atom is -0.467 e. The third-order valence-electron chi connectivity index (χ3n) is 3.12. The van der Waals surface area contributed by atoms with Crippen LogP contribution in [0.5, 0.6) is 0 Å². The van der Waals surface area contributed by atoms with Gasteiger partial charge in [0, 0.05) is 12.6 Å². The second-order valence-electron chi connectivity index (χ2n) is 4.78. The van der Waals surface area contributed by atoms with Crippen LogP contribution >= 0.6 is 0 Å². The van der Waals surface area contributed by atoms with E-state index < -0.39 is 0 Å². The first-order chi connectivity index (χ1) is 8.65. The van der Waals surface area contributed by atoms with Crippen molar-refractivity contribution in [3.63, 3.8) is 0 Å². The van der Waals surface area contributed by atoms with Gasteiger partial charge in [-0.3, -0.25) is 9.69 Å². The molecular formula is C13H20N2O3. The molecule has 100 valence electrons. The number of carbonyl (C=O) groups excluding carboxylic acids is 1. The van der Waals surface area contributed by atoms with Crippen LogP contribution in [0.2, 0.25) is 0 Å². The molecule has 1 aliphatic heterocycles. The number of morpholine rings is 1. The molecule has 0 aromatic carbocycles. The van der Waals surface area contributed by atoms with Gasteiger partial charge in [-0.2, -0.15) is 0 Å². The van der Waals surface area contributed by atoms with Crippen LogP contribution in [0.25, 0.3) is 0 Å². The third kappa shape index (κ3) is 3.58. The molecule has 0 aliphatic carbocycles. The number of carbonyl (C=O) groups is 1. The van der Waals surface area contributed by atoms with Crippen molar-refractivity contribution in [1.82, 2.24) is 10.2 Å². The van der Waals surface area contributed by atoms with E-state index in [-0.39, 0.29) is 18.1 Å². The van der Waals surface area contributed by atoms with Gasteiger partial charge in [0.25, 0.3) is 0 Å². The summed E-state index contributed by atoms with van der Waals surface area (Å²) in [6.07, 6.45) is 1.80. The molecule has 2 rings (SSSR count). The van der Waals surface area contributed by atoms with Gasteiger partial charge in [-0.1, -0.05) is 0 Å². The summed E-state index contributed by atoms with van der Waals surface area (Å²) in [5.41, 5.74) is 0. The molecule has 5 nitrogen and oxygen atoms in total. The lowest BCUT2D eigenvalue weighted by atomic mass is 10.2. The zero-order valence-electron chi connectivity index (χ0n) is 10.9. The number of hydrogen-bond donors (Lipinski definition) is 1. The van der Waals surface area contributed by atoms with Crippen LogP contribution in [0, 0.1) is 0 Å². The average molecular weight is 252 g/mol. The molecule has 1 saturated heterocycles. The molecule has 0 saturated carbocycles. The molecule has 1 aromatic heterocycles. The van der Waals surface area contributed by atoms with Gasteiger partial charge in [-0.25, -0.2) is 0 Å². The highest BCUT2D eigenvalue weighted by atomic mass is 16.5. The number of nitrogens with one attached hydrogen (secondary N) is 1. The Hall–Kier alpha value is -1.33. The molecule has 5 heteroatoms. The predicted octanol–water partition coefficient (Wildman–Crippen LogP) is 1.00. The van der Waals surface area contributed by atoms with Crippen molar-refractivity contribution in [1.29, 1.82) is 0 Å². The van der Waals surface area contributed by atoms with Crippen LogP contribution in [-0.2, 0) is 16.1 Å². The zero-order valence-corrected chi connectivity index (χ0v) is 10.9. The minimum atomic E-state index is 0.0207. The second-order valence-corrected chi connectivity index (χ2v) is 4.78. The van der Waals surface area contributed by atoms with Crippen LogP contribution in [0.4, 0.5) is 0 Å². The molecule has 1 fully saturated rings. The van der Waals surface area contributed by atoms with Crippen molar-refractivity contribution in [3.8, 4) is 0 Å². The van der Waals surface area contributed by atoms with E-state index >= 15 is 0 Å². The van der Waals surface area contributed by atoms with Crippen molar-refractivity contribution in [2.24, 2.45) is 0 Å². The Balaban J connectivity index is 1.76. The van der Waals surface area contributed by atoms with E-state index in [4.69, 9.17) is 9.15 Å². The lowest BCUT2D eigenvalue weighted by molar-refractivity contribution is -0.126. The Labute approximate surface area is 107 Å². The lowest BCUT2D eigenvalue weighted by Crippen LogP contribution is -2.50. The molecule has 0 radical (unpaired) electrons. The third-order valence-corrected chi connectivity index (χ3v) is 3.12. The summed E-state index contributed by atoms with van der Waals surface area (Å²) in [5.74, 6) is 0.791. The zero-order chi connectivity index (χ0) is 13.0. The number of nitrogens with zero attached hydrogens (tertiary/aromatic N) is 1. The molecule has 2 heterocycles. The highest BCUT2D eigenvalue weighted by Gasteiger charge is 2.24. The van der Waals surface area contributed by atoms with Gasteiger partial charge in [0.1, 0.15) is 5.76 Å². The summed E-state index contributed by atoms with van der Waals surface area (Å²) < 4.78 is 10.7. The maximum atomic E-state index is 11.8. The van der Waals surface area contributed by atoms with E-state index in [9.17, 15) is 4.79 Å². The number of furan rings is 1. The molecule has 0 spiro atoms. The van der Waals surface area contributed by atoms with Crippen LogP contribution in [-0.4, -0.2) is 42.6 Å². The summed E-state index contributed by atoms with van der Waals surface area (Å²) >= 11 is 0. The molecule has 1 aliphatic rings. The van der Waals surface area contributed by atoms with Gasteiger partial charge in [0.15, 0.2) is 0 Å². The quantitative estimate of drug-likeness (QED) is 0.868. The average Bonchev–Trinajstić information content (AvgIpc) is 2.84. The van der Waals surface area contributed by atoms with E-state index in [1.54, 1.807) is 6.26 Å². The van der Waals surface area contributed by atoms with Crippen LogP contribution in [0.1, 0.15) is 19.6 Å². The summed E-state index contributed by atoms with van der Waals surface area (Å²) in [6, 6.07) is 3.95. The Morgan fingerprint density at radius 1 is 1.56 bits per heavy atom. The normalized spacial score (nSPS) is 25.0. The second kappa shape index (κ2) is 6.02. The fraction of sp³-hybridized carbons (Fsp3) is 0.615. The van der Waals surface area contributed by atoms with Gasteiger partial charge in [0.2, 0.25) is 5.91 Å². The van der Waals surface area contributed by atoms with Crippen LogP contribution < -0.4 is 5.32 Å². The molecule has 18 heavy (non-hydrogen) atoms. The summed E-state index contributed by atoms with van der Waals surface area (Å²) in [5, 5.41) is 2.85. The summed E-state index contributed by atoms with van der Waals surface area (Å²) in [6.45, 7) is 6.45. The Kier molecular flexibility index (Phi) is 4.38. The minimum absolute atomic E-state index is 0.0207. The van der Waals surface area contributed by atoms with E-state index in [2.05, 4.69) is 17.1 Å². The van der Waals surface area contributed by atoms with E-state index in [1.807, 2.05) is 19.1 Å². The monoisotopic (exact) mass is 252 g/mol. The van der Waals surface area contributed by atoms with Gasteiger partial charge in [-0.05, 0) is 26.0 Å². The van der Waals surface area contributed by atoms with Crippen molar-refractivity contribution in [3.05, 3.63) is 24.2 Å². The molecule has 0 bridgehead atoms. The Bertz CT molecular complexity index is 378. The van der Waals surface area contributed by atoms with Gasteiger partial charge in [-0.15, -0.1) is 0 Å². The molecule has 0 unspecified atom stereocenters. The van der Waals surface area contributed by atoms with Crippen LogP contribution in [0.3, 0.4) is 0 Å². The number of amides is 1. The van der Waals surface area contributed by atoms with Gasteiger partial charge < -0.3 is 14.5 Å². The Morgan fingerprint density at radius 2 is 2.39 bits per heavy atom. The van der Waals surface area contributed by atoms with Crippen LogP contribution in [0.15, 0.2) is 22.8 Å². The van der Waals surface area contributed by atoms with Crippen molar-refractivity contribution >= 4 is 5.91 Å². The SMILES string of the molecule is C[C@@H]1CO[C@@H](C)CN1CC(=O)NCc1ccco1. The van der Waals surface area contributed by atoms with E-state index in [0.29, 0.717) is 19.7 Å². The van der Waals surface area contributed by atoms with Crippen molar-refractivity contribution < 1.29 is 13.9 Å². The largest absolute Gasteiger partial charge is 0.467 e. The smallest absolute Gasteiger partial charge is 0.234 e. The first-order valence-corrected chi connectivity index (χ1v) is 6.30. The highest BCUT2D eigenvalue weighted by Crippen LogP contribution is 2.10. The molecule has 2 atom stereocenters. The lowest BCUT2D eigenvalue weighted by Gasteiger charge is -2.36. The molecule has 1 aromatic rings. The fourth-order valence-corrected chi connectivity index (χ4v) is 2.03. The number of hydrogen-bond acceptors (Lipinski definition) is 4. The summed E-state index contributed by atoms with van der Waals surface area (Å²) in [7, 11) is 0. The first kappa shape index (κ1) is 13.1. The fourth-order valence-electron chi connectivity index (χ4n) is 2.03. The highest BCUT2D eigenvalue weighted by molar-refractivity contribution is 5.78. The van der Waals surface area contributed by atoms with Gasteiger partial charge >= 0.3 is 0 Å². The molecular weight excluding hydrogens is 232 g/mol. The Morgan fingerprint density at radius 3 is 3.11 bits per heavy atom. The number of rotatable bonds is 4. The molecule has 1 N–H and O–H groups in total. The van der Waals surface area contributed by atoms with Gasteiger partial charge in [0.05, 0.1) is 32.1 Å². The molecule has 1 amide bonds. The van der Waals surface area contributed by atoms with Crippen molar-refractivity contribution in [2.45, 2.75) is 32.5 Å². The first-order valence-electron chi connectivity index (χ1n) is 6.30. The standard InChI is InChI=1S/C13H20N2O3/c1-10-9-18-11(2)7-15(10)8-13(16)14-6-12-4-3-5-17-12/h3-5,10-11H,6-9H2,1-2H3,(H,14,16)/t10-,11+/m1/s1. The maximum Gasteiger partial charge on any atom is 0.234 e. The number of ether oxygens (including phenoxy) is 1. The topological polar surface area (TPSA) is 54.7 Å². The summed E-state index contributed by atoms with van der Waals surface area (Å²) in [4.78, 5) is 14.0. The van der Waals surface area contributed by atoms with E-state index in [0.717, 1.165) is 12.3 Å². The van der Waals surface area contributed by atoms with E-state index in [1.165, 1.54) is 0 Å². The maximum absolute atomic E-state index is 11.8. The van der Waals surface area contributed by atoms with Crippen molar-refractivity contribution in [2.75, 3.05) is 19.7 Å². The predicted molar refractivity (Wildman–Crippen MR) is 67.0 cm³/mol.